The van der Waals surface area contributed by atoms with Crippen molar-refractivity contribution in [3.05, 3.63) is 0 Å². The Balaban J connectivity index is 3.59. The molecule has 0 aliphatic carbocycles. The van der Waals surface area contributed by atoms with E-state index in [1.54, 1.807) is 0 Å². The number of nitrogens with one attached hydrogen (secondary N) is 2. The fraction of sp³-hybridized carbons (Fsp3) is 0.778. The standard InChI is InChI=1S/C9H18N2O4/c1-3-6(2)11-9(15)10-5-4-7(12)8(13)14/h6-7,12H,3-5H2,1-2H3,(H,13,14)(H2,10,11,15)/t6?,7-/m0/s1. The molecule has 0 aliphatic heterocycles. The third-order valence-corrected chi connectivity index (χ3v) is 1.98. The number of hydrogen-bond donors (Lipinski definition) is 4. The lowest BCUT2D eigenvalue weighted by Crippen LogP contribution is -2.41. The van der Waals surface area contributed by atoms with E-state index in [1.165, 1.54) is 0 Å². The summed E-state index contributed by atoms with van der Waals surface area (Å²) in [7, 11) is 0. The first-order chi connectivity index (χ1) is 6.97. The van der Waals surface area contributed by atoms with Gasteiger partial charge in [-0.05, 0) is 13.3 Å². The normalized spacial score (nSPS) is 14.1. The highest BCUT2D eigenvalue weighted by Crippen LogP contribution is 1.90. The molecule has 0 bridgehead atoms. The van der Waals surface area contributed by atoms with Crippen molar-refractivity contribution >= 4 is 12.0 Å². The van der Waals surface area contributed by atoms with Gasteiger partial charge in [-0.2, -0.15) is 0 Å². The average Bonchev–Trinajstić information content (AvgIpc) is 2.17. The molecule has 1 unspecified atom stereocenters. The Hall–Kier alpha value is -1.30. The van der Waals surface area contributed by atoms with E-state index >= 15 is 0 Å². The van der Waals surface area contributed by atoms with Crippen LogP contribution in [-0.4, -0.2) is 40.9 Å². The molecule has 2 atom stereocenters. The topological polar surface area (TPSA) is 98.7 Å². The number of carbonyl (C=O) groups excluding carboxylic acids is 1. The van der Waals surface area contributed by atoms with Crippen molar-refractivity contribution in [2.75, 3.05) is 6.54 Å². The Morgan fingerprint density at radius 3 is 2.47 bits per heavy atom. The molecule has 0 radical (unpaired) electrons. The maximum Gasteiger partial charge on any atom is 0.332 e. The monoisotopic (exact) mass is 218 g/mol. The summed E-state index contributed by atoms with van der Waals surface area (Å²) < 4.78 is 0. The molecule has 0 rings (SSSR count). The van der Waals surface area contributed by atoms with E-state index in [-0.39, 0.29) is 25.0 Å². The van der Waals surface area contributed by atoms with Crippen molar-refractivity contribution in [3.8, 4) is 0 Å². The summed E-state index contributed by atoms with van der Waals surface area (Å²) in [5.74, 6) is -1.28. The fourth-order valence-electron chi connectivity index (χ4n) is 0.823. The van der Waals surface area contributed by atoms with E-state index in [2.05, 4.69) is 10.6 Å². The van der Waals surface area contributed by atoms with Crippen molar-refractivity contribution in [1.82, 2.24) is 10.6 Å². The van der Waals surface area contributed by atoms with E-state index in [9.17, 15) is 9.59 Å². The quantitative estimate of drug-likeness (QED) is 0.501. The highest BCUT2D eigenvalue weighted by Gasteiger charge is 2.12. The van der Waals surface area contributed by atoms with Gasteiger partial charge in [-0.15, -0.1) is 0 Å². The molecule has 15 heavy (non-hydrogen) atoms. The minimum absolute atomic E-state index is 0.00323. The number of amides is 2. The summed E-state index contributed by atoms with van der Waals surface area (Å²) >= 11 is 0. The van der Waals surface area contributed by atoms with Crippen LogP contribution in [0, 0.1) is 0 Å². The molecule has 0 aliphatic rings. The highest BCUT2D eigenvalue weighted by atomic mass is 16.4. The first kappa shape index (κ1) is 13.7. The van der Waals surface area contributed by atoms with Crippen molar-refractivity contribution in [2.45, 2.75) is 38.8 Å². The molecule has 2 amide bonds. The maximum absolute atomic E-state index is 11.1. The Morgan fingerprint density at radius 1 is 1.40 bits per heavy atom. The van der Waals surface area contributed by atoms with Crippen molar-refractivity contribution < 1.29 is 19.8 Å². The van der Waals surface area contributed by atoms with Gasteiger partial charge in [0.2, 0.25) is 0 Å². The second-order valence-electron chi connectivity index (χ2n) is 3.35. The van der Waals surface area contributed by atoms with E-state index in [1.807, 2.05) is 13.8 Å². The summed E-state index contributed by atoms with van der Waals surface area (Å²) in [5.41, 5.74) is 0. The molecule has 6 nitrogen and oxygen atoms in total. The number of urea groups is 1. The number of aliphatic carboxylic acids is 1. The third kappa shape index (κ3) is 6.73. The van der Waals surface area contributed by atoms with Crippen molar-refractivity contribution in [2.24, 2.45) is 0 Å². The molecule has 0 heterocycles. The predicted octanol–water partition coefficient (Wildman–Crippen LogP) is -0.0803. The Kier molecular flexibility index (Phi) is 6.44. The Labute approximate surface area is 88.7 Å². The molecule has 4 N–H and O–H groups in total. The van der Waals surface area contributed by atoms with Crippen molar-refractivity contribution in [1.29, 1.82) is 0 Å². The van der Waals surface area contributed by atoms with Gasteiger partial charge in [0.15, 0.2) is 6.10 Å². The maximum atomic E-state index is 11.1. The number of carboxylic acids is 1. The molecule has 0 aromatic rings. The van der Waals surface area contributed by atoms with Crippen LogP contribution in [0.5, 0.6) is 0 Å². The largest absolute Gasteiger partial charge is 0.479 e. The van der Waals surface area contributed by atoms with Crippen molar-refractivity contribution in [3.63, 3.8) is 0 Å². The summed E-state index contributed by atoms with van der Waals surface area (Å²) in [6.45, 7) is 3.94. The molecular formula is C9H18N2O4. The second-order valence-corrected chi connectivity index (χ2v) is 3.35. The molecule has 0 saturated heterocycles. The number of carbonyl (C=O) groups is 2. The molecule has 0 fully saturated rings. The molecule has 0 aromatic carbocycles. The van der Waals surface area contributed by atoms with Crippen LogP contribution in [0.1, 0.15) is 26.7 Å². The van der Waals surface area contributed by atoms with Gasteiger partial charge in [0.05, 0.1) is 0 Å². The van der Waals surface area contributed by atoms with Crippen LogP contribution in [0.15, 0.2) is 0 Å². The summed E-state index contributed by atoms with van der Waals surface area (Å²) in [5, 5.41) is 22.4. The zero-order chi connectivity index (χ0) is 11.8. The molecule has 0 saturated carbocycles. The summed E-state index contributed by atoms with van der Waals surface area (Å²) in [6, 6.07) is -0.267. The number of carboxylic acid groups (broad SMARTS) is 1. The van der Waals surface area contributed by atoms with E-state index in [4.69, 9.17) is 10.2 Å². The predicted molar refractivity (Wildman–Crippen MR) is 54.5 cm³/mol. The average molecular weight is 218 g/mol. The lowest BCUT2D eigenvalue weighted by molar-refractivity contribution is -0.146. The van der Waals surface area contributed by atoms with E-state index < -0.39 is 12.1 Å². The van der Waals surface area contributed by atoms with Crippen LogP contribution in [0.4, 0.5) is 4.79 Å². The lowest BCUT2D eigenvalue weighted by Gasteiger charge is -2.12. The zero-order valence-electron chi connectivity index (χ0n) is 8.99. The van der Waals surface area contributed by atoms with Gasteiger partial charge in [0, 0.05) is 19.0 Å². The van der Waals surface area contributed by atoms with E-state index in [0.717, 1.165) is 6.42 Å². The Morgan fingerprint density at radius 2 is 2.00 bits per heavy atom. The van der Waals surface area contributed by atoms with Crippen LogP contribution in [-0.2, 0) is 4.79 Å². The van der Waals surface area contributed by atoms with Gasteiger partial charge < -0.3 is 20.8 Å². The first-order valence-electron chi connectivity index (χ1n) is 4.92. The first-order valence-corrected chi connectivity index (χ1v) is 4.92. The molecule has 88 valence electrons. The Bertz CT molecular complexity index is 220. The summed E-state index contributed by atoms with van der Waals surface area (Å²) in [6.07, 6.45) is -0.595. The van der Waals surface area contributed by atoms with Crippen LogP contribution in [0.3, 0.4) is 0 Å². The van der Waals surface area contributed by atoms with Gasteiger partial charge in [0.25, 0.3) is 0 Å². The lowest BCUT2D eigenvalue weighted by atomic mass is 10.2. The molecule has 0 aromatic heterocycles. The molecule has 6 heteroatoms. The van der Waals surface area contributed by atoms with Gasteiger partial charge in [-0.25, -0.2) is 9.59 Å². The number of rotatable bonds is 6. The van der Waals surface area contributed by atoms with Crippen LogP contribution in [0.25, 0.3) is 0 Å². The van der Waals surface area contributed by atoms with Crippen LogP contribution < -0.4 is 10.6 Å². The second kappa shape index (κ2) is 7.05. The van der Waals surface area contributed by atoms with Gasteiger partial charge in [-0.1, -0.05) is 6.92 Å². The molecule has 0 spiro atoms. The van der Waals surface area contributed by atoms with Crippen LogP contribution >= 0.6 is 0 Å². The van der Waals surface area contributed by atoms with Gasteiger partial charge >= 0.3 is 12.0 Å². The minimum atomic E-state index is -1.42. The van der Waals surface area contributed by atoms with Gasteiger partial charge in [0.1, 0.15) is 0 Å². The van der Waals surface area contributed by atoms with Gasteiger partial charge in [-0.3, -0.25) is 0 Å². The number of aliphatic hydroxyl groups is 1. The minimum Gasteiger partial charge on any atom is -0.479 e. The smallest absolute Gasteiger partial charge is 0.332 e. The third-order valence-electron chi connectivity index (χ3n) is 1.98. The van der Waals surface area contributed by atoms with E-state index in [0.29, 0.717) is 0 Å². The summed E-state index contributed by atoms with van der Waals surface area (Å²) in [4.78, 5) is 21.3. The number of aliphatic hydroxyl groups excluding tert-OH is 1. The molecular weight excluding hydrogens is 200 g/mol. The zero-order valence-corrected chi connectivity index (χ0v) is 8.99. The SMILES string of the molecule is CCC(C)NC(=O)NCC[C@H](O)C(=O)O. The number of hydrogen-bond acceptors (Lipinski definition) is 3. The highest BCUT2D eigenvalue weighted by molar-refractivity contribution is 5.74. The van der Waals surface area contributed by atoms with Crippen LogP contribution in [0.2, 0.25) is 0 Å². The fourth-order valence-corrected chi connectivity index (χ4v) is 0.823.